The van der Waals surface area contributed by atoms with Crippen molar-refractivity contribution in [3.05, 3.63) is 101 Å². The van der Waals surface area contributed by atoms with Crippen LogP contribution in [0.5, 0.6) is 5.75 Å². The van der Waals surface area contributed by atoms with Crippen molar-refractivity contribution >= 4 is 5.91 Å². The first-order chi connectivity index (χ1) is 16.5. The van der Waals surface area contributed by atoms with Crippen LogP contribution in [-0.4, -0.2) is 33.3 Å². The van der Waals surface area contributed by atoms with Crippen molar-refractivity contribution < 1.29 is 13.9 Å². The molecule has 5 rings (SSSR count). The molecule has 0 radical (unpaired) electrons. The highest BCUT2D eigenvalue weighted by Gasteiger charge is 2.29. The van der Waals surface area contributed by atoms with E-state index in [4.69, 9.17) is 4.74 Å². The lowest BCUT2D eigenvalue weighted by Gasteiger charge is -2.14. The molecule has 2 aromatic heterocycles. The summed E-state index contributed by atoms with van der Waals surface area (Å²) in [6.07, 6.45) is 3.45. The Hall–Kier alpha value is -4.00. The Morgan fingerprint density at radius 2 is 1.97 bits per heavy atom. The summed E-state index contributed by atoms with van der Waals surface area (Å²) in [5.41, 5.74) is 5.88. The zero-order chi connectivity index (χ0) is 23.7. The molecule has 2 aromatic carbocycles. The molecule has 1 amide bonds. The lowest BCUT2D eigenvalue weighted by atomic mass is 10.0. The predicted octanol–water partition coefficient (Wildman–Crippen LogP) is 4.48. The van der Waals surface area contributed by atoms with Crippen LogP contribution in [0.15, 0.2) is 67.0 Å². The van der Waals surface area contributed by atoms with E-state index in [-0.39, 0.29) is 24.4 Å². The second-order valence-corrected chi connectivity index (χ2v) is 8.58. The molecule has 4 aromatic rings. The van der Waals surface area contributed by atoms with Gasteiger partial charge in [-0.2, -0.15) is 5.10 Å². The number of benzene rings is 2. The van der Waals surface area contributed by atoms with Crippen LogP contribution in [0, 0.1) is 19.7 Å². The molecule has 172 valence electrons. The first-order valence-corrected chi connectivity index (χ1v) is 11.2. The van der Waals surface area contributed by atoms with Crippen LogP contribution >= 0.6 is 0 Å². The highest BCUT2D eigenvalue weighted by molar-refractivity contribution is 5.94. The van der Waals surface area contributed by atoms with Gasteiger partial charge in [0.1, 0.15) is 17.7 Å². The maximum absolute atomic E-state index is 14.5. The van der Waals surface area contributed by atoms with Gasteiger partial charge in [-0.15, -0.1) is 0 Å². The number of hydrogen-bond donors (Lipinski definition) is 1. The SMILES string of the molecule is Cc1cc(C)n(Cc2cccc(C(=O)NC[C@H]3Cc4c(F)ccc(-c5ccncc5)c4O3)c2)n1. The molecule has 1 aliphatic rings. The molecule has 0 fully saturated rings. The Balaban J connectivity index is 1.25. The van der Waals surface area contributed by atoms with Gasteiger partial charge in [-0.1, -0.05) is 12.1 Å². The number of carbonyl (C=O) groups is 1. The number of carbonyl (C=O) groups excluding carboxylic acids is 1. The Morgan fingerprint density at radius 3 is 2.74 bits per heavy atom. The van der Waals surface area contributed by atoms with E-state index in [1.165, 1.54) is 6.07 Å². The number of nitrogens with zero attached hydrogens (tertiary/aromatic N) is 3. The lowest BCUT2D eigenvalue weighted by molar-refractivity contribution is 0.0933. The standard InChI is InChI=1S/C27H25FN4O2/c1-17-12-18(2)32(31-17)16-19-4-3-5-21(13-19)27(33)30-15-22-14-24-25(28)7-6-23(26(24)34-22)20-8-10-29-11-9-20/h3-13,22H,14-16H2,1-2H3,(H,30,33)/t22-/m1/s1. The molecule has 7 heteroatoms. The minimum Gasteiger partial charge on any atom is -0.487 e. The summed E-state index contributed by atoms with van der Waals surface area (Å²) in [5, 5.41) is 7.43. The monoisotopic (exact) mass is 456 g/mol. The fourth-order valence-corrected chi connectivity index (χ4v) is 4.36. The summed E-state index contributed by atoms with van der Waals surface area (Å²) in [6.45, 7) is 4.85. The average Bonchev–Trinajstić information content (AvgIpc) is 3.41. The number of ether oxygens (including phenoxy) is 1. The Labute approximate surface area is 197 Å². The first-order valence-electron chi connectivity index (χ1n) is 11.2. The van der Waals surface area contributed by atoms with Gasteiger partial charge >= 0.3 is 0 Å². The van der Waals surface area contributed by atoms with Crippen LogP contribution in [-0.2, 0) is 13.0 Å². The van der Waals surface area contributed by atoms with Gasteiger partial charge in [0.05, 0.1) is 18.8 Å². The van der Waals surface area contributed by atoms with Gasteiger partial charge in [0.2, 0.25) is 0 Å². The summed E-state index contributed by atoms with van der Waals surface area (Å²) in [4.78, 5) is 16.9. The molecule has 0 saturated heterocycles. The quantitative estimate of drug-likeness (QED) is 0.464. The number of pyridine rings is 1. The van der Waals surface area contributed by atoms with Crippen LogP contribution < -0.4 is 10.1 Å². The predicted molar refractivity (Wildman–Crippen MR) is 127 cm³/mol. The van der Waals surface area contributed by atoms with Gasteiger partial charge in [0.25, 0.3) is 5.91 Å². The number of nitrogens with one attached hydrogen (secondary N) is 1. The van der Waals surface area contributed by atoms with Gasteiger partial charge < -0.3 is 10.1 Å². The fraction of sp³-hybridized carbons (Fsp3) is 0.222. The van der Waals surface area contributed by atoms with E-state index in [0.29, 0.717) is 29.8 Å². The van der Waals surface area contributed by atoms with Crippen LogP contribution in [0.1, 0.15) is 32.9 Å². The molecular formula is C27H25FN4O2. The number of aryl methyl sites for hydroxylation is 2. The number of amides is 1. The maximum atomic E-state index is 14.5. The summed E-state index contributed by atoms with van der Waals surface area (Å²) >= 11 is 0. The molecule has 3 heterocycles. The van der Waals surface area contributed by atoms with Crippen molar-refractivity contribution in [2.75, 3.05) is 6.54 Å². The highest BCUT2D eigenvalue weighted by Crippen LogP contribution is 2.40. The number of hydrogen-bond acceptors (Lipinski definition) is 4. The Morgan fingerprint density at radius 1 is 1.15 bits per heavy atom. The lowest BCUT2D eigenvalue weighted by Crippen LogP contribution is -2.34. The zero-order valence-electron chi connectivity index (χ0n) is 19.1. The van der Waals surface area contributed by atoms with E-state index >= 15 is 0 Å². The van der Waals surface area contributed by atoms with E-state index < -0.39 is 0 Å². The third-order valence-corrected chi connectivity index (χ3v) is 6.03. The van der Waals surface area contributed by atoms with Crippen molar-refractivity contribution in [1.82, 2.24) is 20.1 Å². The van der Waals surface area contributed by atoms with Crippen molar-refractivity contribution in [3.63, 3.8) is 0 Å². The molecule has 1 atom stereocenters. The van der Waals surface area contributed by atoms with Crippen molar-refractivity contribution in [2.45, 2.75) is 32.9 Å². The largest absolute Gasteiger partial charge is 0.487 e. The molecule has 1 aliphatic heterocycles. The van der Waals surface area contributed by atoms with Crippen molar-refractivity contribution in [2.24, 2.45) is 0 Å². The van der Waals surface area contributed by atoms with E-state index in [0.717, 1.165) is 28.1 Å². The number of halogens is 1. The molecule has 0 aliphatic carbocycles. The van der Waals surface area contributed by atoms with E-state index in [9.17, 15) is 9.18 Å². The molecule has 0 bridgehead atoms. The minimum absolute atomic E-state index is 0.190. The van der Waals surface area contributed by atoms with Gasteiger partial charge in [-0.3, -0.25) is 14.5 Å². The average molecular weight is 457 g/mol. The van der Waals surface area contributed by atoms with E-state index in [2.05, 4.69) is 15.4 Å². The van der Waals surface area contributed by atoms with Gasteiger partial charge in [-0.25, -0.2) is 4.39 Å². The van der Waals surface area contributed by atoms with E-state index in [1.807, 2.05) is 54.9 Å². The normalized spacial score (nSPS) is 14.5. The summed E-state index contributed by atoms with van der Waals surface area (Å²) < 4.78 is 22.5. The van der Waals surface area contributed by atoms with Crippen molar-refractivity contribution in [1.29, 1.82) is 0 Å². The molecule has 0 saturated carbocycles. The summed E-state index contributed by atoms with van der Waals surface area (Å²) in [5.74, 6) is 0.0559. The fourth-order valence-electron chi connectivity index (χ4n) is 4.36. The molecule has 0 unspecified atom stereocenters. The molecular weight excluding hydrogens is 431 g/mol. The minimum atomic E-state index is -0.339. The number of fused-ring (bicyclic) bond motifs is 1. The van der Waals surface area contributed by atoms with Crippen LogP contribution in [0.4, 0.5) is 4.39 Å². The number of aromatic nitrogens is 3. The van der Waals surface area contributed by atoms with Gasteiger partial charge in [0.15, 0.2) is 0 Å². The molecule has 0 spiro atoms. The van der Waals surface area contributed by atoms with Crippen LogP contribution in [0.25, 0.3) is 11.1 Å². The van der Waals surface area contributed by atoms with E-state index in [1.54, 1.807) is 24.5 Å². The first kappa shape index (κ1) is 21.8. The molecule has 34 heavy (non-hydrogen) atoms. The van der Waals surface area contributed by atoms with Crippen molar-refractivity contribution in [3.8, 4) is 16.9 Å². The van der Waals surface area contributed by atoms with Crippen LogP contribution in [0.3, 0.4) is 0 Å². The Bertz CT molecular complexity index is 1350. The van der Waals surface area contributed by atoms with Gasteiger partial charge in [-0.05, 0) is 67.4 Å². The smallest absolute Gasteiger partial charge is 0.251 e. The number of rotatable bonds is 6. The third-order valence-electron chi connectivity index (χ3n) is 6.03. The second-order valence-electron chi connectivity index (χ2n) is 8.58. The second kappa shape index (κ2) is 9.09. The molecule has 6 nitrogen and oxygen atoms in total. The molecule has 1 N–H and O–H groups in total. The third kappa shape index (κ3) is 4.41. The highest BCUT2D eigenvalue weighted by atomic mass is 19.1. The topological polar surface area (TPSA) is 69.0 Å². The summed E-state index contributed by atoms with van der Waals surface area (Å²) in [7, 11) is 0. The maximum Gasteiger partial charge on any atom is 0.251 e. The van der Waals surface area contributed by atoms with Crippen LogP contribution in [0.2, 0.25) is 0 Å². The summed E-state index contributed by atoms with van der Waals surface area (Å²) in [6, 6.07) is 16.4. The zero-order valence-corrected chi connectivity index (χ0v) is 19.1. The Kier molecular flexibility index (Phi) is 5.84. The van der Waals surface area contributed by atoms with Gasteiger partial charge in [0, 0.05) is 41.2 Å².